The van der Waals surface area contributed by atoms with E-state index < -0.39 is 11.5 Å². The van der Waals surface area contributed by atoms with Crippen molar-refractivity contribution >= 4 is 16.8 Å². The molecule has 1 saturated heterocycles. The molecule has 3 N–H and O–H groups in total. The van der Waals surface area contributed by atoms with Gasteiger partial charge in [0.05, 0.1) is 23.8 Å². The maximum Gasteiger partial charge on any atom is 0.252 e. The van der Waals surface area contributed by atoms with Crippen molar-refractivity contribution in [2.75, 3.05) is 25.2 Å². The first-order chi connectivity index (χ1) is 13.5. The van der Waals surface area contributed by atoms with Crippen molar-refractivity contribution in [2.45, 2.75) is 24.9 Å². The number of rotatable bonds is 5. The van der Waals surface area contributed by atoms with Gasteiger partial charge in [0.2, 0.25) is 0 Å². The van der Waals surface area contributed by atoms with Crippen molar-refractivity contribution in [1.82, 2.24) is 4.68 Å². The number of primary amides is 1. The van der Waals surface area contributed by atoms with Crippen LogP contribution in [0, 0.1) is 0 Å². The number of benzene rings is 2. The molecule has 0 radical (unpaired) electrons. The highest BCUT2D eigenvalue weighted by molar-refractivity contribution is 6.00. The Morgan fingerprint density at radius 1 is 1.18 bits per heavy atom. The lowest BCUT2D eigenvalue weighted by molar-refractivity contribution is 0.0125. The number of amides is 1. The minimum Gasteiger partial charge on any atom is -0.496 e. The van der Waals surface area contributed by atoms with Crippen LogP contribution in [0.1, 0.15) is 28.8 Å². The van der Waals surface area contributed by atoms with Gasteiger partial charge in [0.1, 0.15) is 5.75 Å². The fourth-order valence-electron chi connectivity index (χ4n) is 4.04. The van der Waals surface area contributed by atoms with Crippen LogP contribution in [-0.2, 0) is 6.42 Å². The zero-order chi connectivity index (χ0) is 19.7. The molecule has 146 valence electrons. The number of piperidine rings is 1. The van der Waals surface area contributed by atoms with Gasteiger partial charge < -0.3 is 20.6 Å². The standard InChI is InChI=1S/C22H25N3O3/c1-28-20-14-19-17(13-18(20)21(23)26)7-10-25(19)24-11-8-22(27,9-12-24)15-16-5-3-2-4-6-16/h2-7,10,13-14,27H,8-9,11-12,15H2,1H3,(H2,23,26). The first kappa shape index (κ1) is 18.4. The number of aromatic nitrogens is 1. The number of ether oxygens (including phenoxy) is 1. The summed E-state index contributed by atoms with van der Waals surface area (Å²) < 4.78 is 7.43. The predicted octanol–water partition coefficient (Wildman–Crippen LogP) is 2.45. The van der Waals surface area contributed by atoms with Crippen molar-refractivity contribution in [3.8, 4) is 5.75 Å². The SMILES string of the molecule is COc1cc2c(ccn2N2CCC(O)(Cc3ccccc3)CC2)cc1C(N)=O. The first-order valence-electron chi connectivity index (χ1n) is 9.49. The van der Waals surface area contributed by atoms with E-state index in [1.807, 2.05) is 36.5 Å². The lowest BCUT2D eigenvalue weighted by Crippen LogP contribution is -2.49. The fourth-order valence-corrected chi connectivity index (χ4v) is 4.04. The average molecular weight is 379 g/mol. The van der Waals surface area contributed by atoms with Gasteiger partial charge in [0, 0.05) is 37.2 Å². The molecule has 2 aromatic carbocycles. The van der Waals surface area contributed by atoms with Crippen molar-refractivity contribution in [1.29, 1.82) is 0 Å². The Bertz CT molecular complexity index is 989. The Morgan fingerprint density at radius 2 is 1.89 bits per heavy atom. The highest BCUT2D eigenvalue weighted by Gasteiger charge is 2.33. The van der Waals surface area contributed by atoms with Crippen molar-refractivity contribution in [2.24, 2.45) is 5.73 Å². The summed E-state index contributed by atoms with van der Waals surface area (Å²) in [4.78, 5) is 11.7. The van der Waals surface area contributed by atoms with Gasteiger partial charge >= 0.3 is 0 Å². The number of carbonyl (C=O) groups is 1. The van der Waals surface area contributed by atoms with E-state index in [1.54, 1.807) is 6.07 Å². The molecule has 1 aromatic heterocycles. The lowest BCUT2D eigenvalue weighted by atomic mass is 9.86. The van der Waals surface area contributed by atoms with Gasteiger partial charge in [-0.25, -0.2) is 0 Å². The van der Waals surface area contributed by atoms with Crippen LogP contribution in [0.25, 0.3) is 10.9 Å². The number of hydrogen-bond donors (Lipinski definition) is 2. The molecule has 0 spiro atoms. The fraction of sp³-hybridized carbons (Fsp3) is 0.318. The maximum absolute atomic E-state index is 11.7. The molecule has 1 aliphatic heterocycles. The summed E-state index contributed by atoms with van der Waals surface area (Å²) in [5.41, 5.74) is 7.27. The normalized spacial score (nSPS) is 16.3. The highest BCUT2D eigenvalue weighted by Crippen LogP contribution is 2.30. The summed E-state index contributed by atoms with van der Waals surface area (Å²) in [5, 5.41) is 14.2. The molecule has 1 aliphatic rings. The zero-order valence-corrected chi connectivity index (χ0v) is 16.0. The monoisotopic (exact) mass is 379 g/mol. The molecule has 0 saturated carbocycles. The third-order valence-corrected chi connectivity index (χ3v) is 5.61. The Balaban J connectivity index is 1.54. The van der Waals surface area contributed by atoms with Gasteiger partial charge in [0.15, 0.2) is 0 Å². The Hall–Kier alpha value is -2.99. The topological polar surface area (TPSA) is 80.7 Å². The van der Waals surface area contributed by atoms with Crippen molar-refractivity contribution in [3.63, 3.8) is 0 Å². The number of methoxy groups -OCH3 is 1. The summed E-state index contributed by atoms with van der Waals surface area (Å²) in [6.07, 6.45) is 4.04. The van der Waals surface area contributed by atoms with Gasteiger partial charge in [0.25, 0.3) is 5.91 Å². The third-order valence-electron chi connectivity index (χ3n) is 5.61. The third kappa shape index (κ3) is 3.43. The average Bonchev–Trinajstić information content (AvgIpc) is 3.11. The van der Waals surface area contributed by atoms with E-state index in [2.05, 4.69) is 21.8 Å². The summed E-state index contributed by atoms with van der Waals surface area (Å²) in [5.74, 6) is -0.0343. The van der Waals surface area contributed by atoms with E-state index in [9.17, 15) is 9.90 Å². The molecule has 1 amide bonds. The van der Waals surface area contributed by atoms with Gasteiger partial charge in [-0.15, -0.1) is 0 Å². The number of nitrogens with zero attached hydrogens (tertiary/aromatic N) is 2. The Kier molecular flexibility index (Phi) is 4.73. The molecule has 0 atom stereocenters. The van der Waals surface area contributed by atoms with Crippen LogP contribution in [0.4, 0.5) is 0 Å². The predicted molar refractivity (Wildman–Crippen MR) is 109 cm³/mol. The highest BCUT2D eigenvalue weighted by atomic mass is 16.5. The summed E-state index contributed by atoms with van der Waals surface area (Å²) in [6.45, 7) is 1.49. The zero-order valence-electron chi connectivity index (χ0n) is 16.0. The largest absolute Gasteiger partial charge is 0.496 e. The van der Waals surface area contributed by atoms with Crippen LogP contribution in [0.3, 0.4) is 0 Å². The van der Waals surface area contributed by atoms with Gasteiger partial charge in [-0.1, -0.05) is 30.3 Å². The molecule has 0 aliphatic carbocycles. The van der Waals surface area contributed by atoms with E-state index in [1.165, 1.54) is 7.11 Å². The number of hydrogen-bond acceptors (Lipinski definition) is 4. The van der Waals surface area contributed by atoms with Gasteiger partial charge in [-0.2, -0.15) is 0 Å². The second-order valence-corrected chi connectivity index (χ2v) is 7.48. The van der Waals surface area contributed by atoms with E-state index in [0.29, 0.717) is 30.6 Å². The summed E-state index contributed by atoms with van der Waals surface area (Å²) in [6, 6.07) is 15.7. The number of nitrogens with two attached hydrogens (primary N) is 1. The van der Waals surface area contributed by atoms with E-state index >= 15 is 0 Å². The van der Waals surface area contributed by atoms with Crippen LogP contribution < -0.4 is 15.5 Å². The first-order valence-corrected chi connectivity index (χ1v) is 9.49. The number of aliphatic hydroxyl groups is 1. The summed E-state index contributed by atoms with van der Waals surface area (Å²) >= 11 is 0. The van der Waals surface area contributed by atoms with Crippen LogP contribution in [-0.4, -0.2) is 41.5 Å². The molecular weight excluding hydrogens is 354 g/mol. The molecular formula is C22H25N3O3. The van der Waals surface area contributed by atoms with E-state index in [4.69, 9.17) is 10.5 Å². The second kappa shape index (κ2) is 7.20. The van der Waals surface area contributed by atoms with Crippen LogP contribution in [0.15, 0.2) is 54.7 Å². The number of fused-ring (bicyclic) bond motifs is 1. The van der Waals surface area contributed by atoms with Crippen LogP contribution in [0.2, 0.25) is 0 Å². The summed E-state index contributed by atoms with van der Waals surface area (Å²) in [7, 11) is 1.53. The maximum atomic E-state index is 11.7. The van der Waals surface area contributed by atoms with Gasteiger partial charge in [-0.05, 0) is 30.5 Å². The molecule has 3 aromatic rings. The van der Waals surface area contributed by atoms with E-state index in [0.717, 1.165) is 29.6 Å². The van der Waals surface area contributed by atoms with Crippen LogP contribution >= 0.6 is 0 Å². The molecule has 6 heteroatoms. The van der Waals surface area contributed by atoms with E-state index in [-0.39, 0.29) is 0 Å². The molecule has 1 fully saturated rings. The smallest absolute Gasteiger partial charge is 0.252 e. The Labute approximate surface area is 164 Å². The van der Waals surface area contributed by atoms with Crippen molar-refractivity contribution < 1.29 is 14.6 Å². The molecule has 4 rings (SSSR count). The molecule has 2 heterocycles. The molecule has 6 nitrogen and oxygen atoms in total. The molecule has 0 bridgehead atoms. The second-order valence-electron chi connectivity index (χ2n) is 7.48. The quantitative estimate of drug-likeness (QED) is 0.714. The lowest BCUT2D eigenvalue weighted by Gasteiger charge is -2.40. The van der Waals surface area contributed by atoms with Crippen molar-refractivity contribution in [3.05, 3.63) is 65.9 Å². The molecule has 0 unspecified atom stereocenters. The minimum absolute atomic E-state index is 0.378. The van der Waals surface area contributed by atoms with Gasteiger partial charge in [-0.3, -0.25) is 9.47 Å². The van der Waals surface area contributed by atoms with Crippen LogP contribution in [0.5, 0.6) is 5.75 Å². The Morgan fingerprint density at radius 3 is 2.54 bits per heavy atom. The number of carbonyl (C=O) groups excluding carboxylic acids is 1. The minimum atomic E-state index is -0.683. The molecule has 28 heavy (non-hydrogen) atoms.